The van der Waals surface area contributed by atoms with E-state index in [2.05, 4.69) is 13.8 Å². The van der Waals surface area contributed by atoms with Crippen molar-refractivity contribution in [3.05, 3.63) is 0 Å². The van der Waals surface area contributed by atoms with Crippen molar-refractivity contribution in [1.29, 1.82) is 0 Å². The molecule has 2 atom stereocenters. The number of aliphatic hydroxyl groups excluding tert-OH is 1. The van der Waals surface area contributed by atoms with Gasteiger partial charge in [0, 0.05) is 13.2 Å². The van der Waals surface area contributed by atoms with Gasteiger partial charge in [-0.1, -0.05) is 13.8 Å². The van der Waals surface area contributed by atoms with Gasteiger partial charge in [-0.25, -0.2) is 0 Å². The molecular weight excluding hydrogens is 140 g/mol. The highest BCUT2D eigenvalue weighted by atomic mass is 16.5. The van der Waals surface area contributed by atoms with Crippen LogP contribution in [0.15, 0.2) is 0 Å². The van der Waals surface area contributed by atoms with Crippen molar-refractivity contribution < 1.29 is 9.84 Å². The molecule has 1 heterocycles. The van der Waals surface area contributed by atoms with E-state index in [1.807, 2.05) is 0 Å². The molecule has 0 unspecified atom stereocenters. The van der Waals surface area contributed by atoms with Crippen LogP contribution >= 0.6 is 0 Å². The number of ether oxygens (including phenoxy) is 1. The van der Waals surface area contributed by atoms with Crippen LogP contribution in [0.2, 0.25) is 0 Å². The van der Waals surface area contributed by atoms with Crippen molar-refractivity contribution in [3.8, 4) is 0 Å². The van der Waals surface area contributed by atoms with Crippen LogP contribution in [0.3, 0.4) is 0 Å². The first-order chi connectivity index (χ1) is 5.24. The SMILES string of the molecule is CC(C)[C@@H]1C[C@@H](CO)CCO1. The van der Waals surface area contributed by atoms with E-state index >= 15 is 0 Å². The summed E-state index contributed by atoms with van der Waals surface area (Å²) in [6.07, 6.45) is 2.44. The molecular formula is C9H18O2. The fourth-order valence-electron chi connectivity index (χ4n) is 1.53. The minimum atomic E-state index is 0.326. The van der Waals surface area contributed by atoms with Gasteiger partial charge in [0.25, 0.3) is 0 Å². The van der Waals surface area contributed by atoms with Crippen molar-refractivity contribution in [1.82, 2.24) is 0 Å². The van der Waals surface area contributed by atoms with Crippen molar-refractivity contribution in [2.24, 2.45) is 11.8 Å². The van der Waals surface area contributed by atoms with Crippen molar-refractivity contribution in [2.45, 2.75) is 32.8 Å². The molecule has 0 amide bonds. The van der Waals surface area contributed by atoms with E-state index in [4.69, 9.17) is 9.84 Å². The Balaban J connectivity index is 2.33. The molecule has 1 aliphatic rings. The monoisotopic (exact) mass is 158 g/mol. The van der Waals surface area contributed by atoms with Crippen LogP contribution in [0.4, 0.5) is 0 Å². The lowest BCUT2D eigenvalue weighted by molar-refractivity contribution is -0.0438. The van der Waals surface area contributed by atoms with E-state index in [0.29, 0.717) is 24.5 Å². The van der Waals surface area contributed by atoms with Crippen LogP contribution in [0.1, 0.15) is 26.7 Å². The largest absolute Gasteiger partial charge is 0.396 e. The average molecular weight is 158 g/mol. The highest BCUT2D eigenvalue weighted by molar-refractivity contribution is 4.73. The van der Waals surface area contributed by atoms with Gasteiger partial charge in [0.1, 0.15) is 0 Å². The third-order valence-corrected chi connectivity index (χ3v) is 2.43. The minimum absolute atomic E-state index is 0.326. The van der Waals surface area contributed by atoms with Crippen molar-refractivity contribution in [3.63, 3.8) is 0 Å². The average Bonchev–Trinajstić information content (AvgIpc) is 2.05. The number of rotatable bonds is 2. The molecule has 0 aromatic rings. The first-order valence-electron chi connectivity index (χ1n) is 4.46. The maximum Gasteiger partial charge on any atom is 0.0601 e. The molecule has 11 heavy (non-hydrogen) atoms. The lowest BCUT2D eigenvalue weighted by Gasteiger charge is -2.30. The van der Waals surface area contributed by atoms with Crippen LogP contribution < -0.4 is 0 Å². The van der Waals surface area contributed by atoms with E-state index in [1.165, 1.54) is 0 Å². The van der Waals surface area contributed by atoms with E-state index in [1.54, 1.807) is 0 Å². The summed E-state index contributed by atoms with van der Waals surface area (Å²) in [6, 6.07) is 0. The van der Waals surface area contributed by atoms with E-state index < -0.39 is 0 Å². The Morgan fingerprint density at radius 1 is 1.55 bits per heavy atom. The topological polar surface area (TPSA) is 29.5 Å². The predicted molar refractivity (Wildman–Crippen MR) is 44.4 cm³/mol. The third-order valence-electron chi connectivity index (χ3n) is 2.43. The maximum atomic E-state index is 8.94. The Morgan fingerprint density at radius 3 is 2.82 bits per heavy atom. The fourth-order valence-corrected chi connectivity index (χ4v) is 1.53. The van der Waals surface area contributed by atoms with E-state index in [9.17, 15) is 0 Å². The summed E-state index contributed by atoms with van der Waals surface area (Å²) < 4.78 is 5.56. The van der Waals surface area contributed by atoms with Crippen molar-refractivity contribution >= 4 is 0 Å². The van der Waals surface area contributed by atoms with Gasteiger partial charge >= 0.3 is 0 Å². The fraction of sp³-hybridized carbons (Fsp3) is 1.00. The summed E-state index contributed by atoms with van der Waals surface area (Å²) in [5, 5.41) is 8.94. The lowest BCUT2D eigenvalue weighted by Crippen LogP contribution is -2.31. The van der Waals surface area contributed by atoms with Crippen LogP contribution in [0.5, 0.6) is 0 Å². The van der Waals surface area contributed by atoms with Gasteiger partial charge in [-0.2, -0.15) is 0 Å². The molecule has 0 aromatic carbocycles. The molecule has 66 valence electrons. The predicted octanol–water partition coefficient (Wildman–Crippen LogP) is 1.43. The Morgan fingerprint density at radius 2 is 2.27 bits per heavy atom. The standard InChI is InChI=1S/C9H18O2/c1-7(2)9-5-8(6-10)3-4-11-9/h7-10H,3-6H2,1-2H3/t8-,9-/m0/s1. The Labute approximate surface area is 68.6 Å². The lowest BCUT2D eigenvalue weighted by atomic mass is 9.91. The van der Waals surface area contributed by atoms with Gasteiger partial charge in [-0.15, -0.1) is 0 Å². The molecule has 0 saturated carbocycles. The van der Waals surface area contributed by atoms with Gasteiger partial charge in [0.05, 0.1) is 6.10 Å². The first-order valence-corrected chi connectivity index (χ1v) is 4.46. The normalized spacial score (nSPS) is 32.7. The summed E-state index contributed by atoms with van der Waals surface area (Å²) >= 11 is 0. The van der Waals surface area contributed by atoms with Gasteiger partial charge in [-0.05, 0) is 24.7 Å². The zero-order valence-electron chi connectivity index (χ0n) is 7.42. The van der Waals surface area contributed by atoms with Gasteiger partial charge in [0.15, 0.2) is 0 Å². The Bertz CT molecular complexity index is 112. The van der Waals surface area contributed by atoms with Crippen LogP contribution in [0, 0.1) is 11.8 Å². The number of hydrogen-bond donors (Lipinski definition) is 1. The molecule has 0 bridgehead atoms. The summed E-state index contributed by atoms with van der Waals surface area (Å²) in [4.78, 5) is 0. The highest BCUT2D eigenvalue weighted by Crippen LogP contribution is 2.24. The maximum absolute atomic E-state index is 8.94. The molecule has 0 spiro atoms. The quantitative estimate of drug-likeness (QED) is 0.658. The van der Waals surface area contributed by atoms with Crippen LogP contribution in [0.25, 0.3) is 0 Å². The number of hydrogen-bond acceptors (Lipinski definition) is 2. The molecule has 2 nitrogen and oxygen atoms in total. The zero-order chi connectivity index (χ0) is 8.27. The molecule has 1 aliphatic heterocycles. The molecule has 1 fully saturated rings. The summed E-state index contributed by atoms with van der Waals surface area (Å²) in [7, 11) is 0. The highest BCUT2D eigenvalue weighted by Gasteiger charge is 2.23. The molecule has 0 radical (unpaired) electrons. The Hall–Kier alpha value is -0.0800. The van der Waals surface area contributed by atoms with Gasteiger partial charge in [0.2, 0.25) is 0 Å². The molecule has 1 saturated heterocycles. The molecule has 1 N–H and O–H groups in total. The second-order valence-electron chi connectivity index (χ2n) is 3.73. The van der Waals surface area contributed by atoms with Gasteiger partial charge < -0.3 is 9.84 Å². The summed E-state index contributed by atoms with van der Waals surface area (Å²) in [5.74, 6) is 1.07. The van der Waals surface area contributed by atoms with Gasteiger partial charge in [-0.3, -0.25) is 0 Å². The molecule has 2 heteroatoms. The molecule has 1 rings (SSSR count). The molecule has 0 aromatic heterocycles. The van der Waals surface area contributed by atoms with E-state index in [-0.39, 0.29) is 0 Å². The minimum Gasteiger partial charge on any atom is -0.396 e. The first kappa shape index (κ1) is 9.01. The van der Waals surface area contributed by atoms with Crippen LogP contribution in [-0.4, -0.2) is 24.4 Å². The smallest absolute Gasteiger partial charge is 0.0601 e. The second kappa shape index (κ2) is 4.07. The second-order valence-corrected chi connectivity index (χ2v) is 3.73. The zero-order valence-corrected chi connectivity index (χ0v) is 7.42. The summed E-state index contributed by atoms with van der Waals surface area (Å²) in [6.45, 7) is 5.50. The summed E-state index contributed by atoms with van der Waals surface area (Å²) in [5.41, 5.74) is 0. The Kier molecular flexibility index (Phi) is 3.34. The third kappa shape index (κ3) is 2.46. The van der Waals surface area contributed by atoms with E-state index in [0.717, 1.165) is 19.4 Å². The number of aliphatic hydroxyl groups is 1. The van der Waals surface area contributed by atoms with Crippen molar-refractivity contribution in [2.75, 3.05) is 13.2 Å². The van der Waals surface area contributed by atoms with Crippen LogP contribution in [-0.2, 0) is 4.74 Å². The molecule has 0 aliphatic carbocycles.